The maximum Gasteiger partial charge on any atom is 0.0541 e. The summed E-state index contributed by atoms with van der Waals surface area (Å²) in [4.78, 5) is 0. The Labute approximate surface area is 313 Å². The van der Waals surface area contributed by atoms with E-state index in [1.54, 1.807) is 0 Å². The second kappa shape index (κ2) is 12.2. The fourth-order valence-electron chi connectivity index (χ4n) is 8.61. The van der Waals surface area contributed by atoms with Gasteiger partial charge < -0.3 is 9.13 Å². The van der Waals surface area contributed by atoms with Gasteiger partial charge in [0.05, 0.1) is 22.1 Å². The fourth-order valence-corrected chi connectivity index (χ4v) is 8.61. The minimum Gasteiger partial charge on any atom is -0.309 e. The molecule has 252 valence electrons. The molecule has 0 aliphatic rings. The van der Waals surface area contributed by atoms with E-state index in [0.29, 0.717) is 0 Å². The summed E-state index contributed by atoms with van der Waals surface area (Å²) >= 11 is 0. The Morgan fingerprint density at radius 2 is 0.685 bits per heavy atom. The summed E-state index contributed by atoms with van der Waals surface area (Å²) in [5, 5.41) is 7.53. The Morgan fingerprint density at radius 1 is 0.241 bits per heavy atom. The molecule has 11 aromatic rings. The van der Waals surface area contributed by atoms with Crippen molar-refractivity contribution in [3.63, 3.8) is 0 Å². The van der Waals surface area contributed by atoms with Crippen LogP contribution in [-0.4, -0.2) is 9.13 Å². The predicted octanol–water partition coefficient (Wildman–Crippen LogP) is 14.0. The summed E-state index contributed by atoms with van der Waals surface area (Å²) in [6.45, 7) is 0. The quantitative estimate of drug-likeness (QED) is 0.171. The van der Waals surface area contributed by atoms with Crippen LogP contribution >= 0.6 is 0 Å². The molecular weight excluding hydrogens is 653 g/mol. The van der Waals surface area contributed by atoms with Gasteiger partial charge in [0.15, 0.2) is 0 Å². The molecule has 0 aliphatic carbocycles. The first-order chi connectivity index (χ1) is 26.8. The molecule has 0 saturated carbocycles. The van der Waals surface area contributed by atoms with Gasteiger partial charge in [-0.1, -0.05) is 146 Å². The maximum atomic E-state index is 2.42. The first-order valence-electron chi connectivity index (χ1n) is 18.6. The van der Waals surface area contributed by atoms with E-state index in [-0.39, 0.29) is 0 Å². The van der Waals surface area contributed by atoms with Crippen LogP contribution in [0.1, 0.15) is 0 Å². The van der Waals surface area contributed by atoms with Crippen molar-refractivity contribution < 1.29 is 0 Å². The standard InChI is InChI=1S/C52H34N2/c1-2-13-35(14-3-1)37-17-10-19-41(31-37)53-49-25-8-6-22-45(49)47-33-38(27-29-51(47)53)39-28-30-52-48(34-39)46-23-7-9-26-50(46)54(52)42-20-11-18-40(32-42)44-24-12-16-36-15-4-5-21-43(36)44/h1-34H. The Bertz CT molecular complexity index is 3210. The minimum atomic E-state index is 1.16. The van der Waals surface area contributed by atoms with Gasteiger partial charge in [-0.2, -0.15) is 0 Å². The molecule has 54 heavy (non-hydrogen) atoms. The van der Waals surface area contributed by atoms with Gasteiger partial charge >= 0.3 is 0 Å². The topological polar surface area (TPSA) is 9.86 Å². The number of aromatic nitrogens is 2. The van der Waals surface area contributed by atoms with Gasteiger partial charge in [-0.05, 0) is 105 Å². The Hall–Kier alpha value is -7.16. The highest BCUT2D eigenvalue weighted by Gasteiger charge is 2.17. The largest absolute Gasteiger partial charge is 0.309 e. The molecule has 0 saturated heterocycles. The lowest BCUT2D eigenvalue weighted by molar-refractivity contribution is 1.18. The normalized spacial score (nSPS) is 11.7. The average molecular weight is 687 g/mol. The number of benzene rings is 9. The third-order valence-electron chi connectivity index (χ3n) is 11.1. The number of rotatable bonds is 5. The van der Waals surface area contributed by atoms with Gasteiger partial charge in [0, 0.05) is 32.9 Å². The van der Waals surface area contributed by atoms with Gasteiger partial charge in [0.25, 0.3) is 0 Å². The van der Waals surface area contributed by atoms with Crippen LogP contribution < -0.4 is 0 Å². The molecule has 2 aromatic heterocycles. The van der Waals surface area contributed by atoms with E-state index < -0.39 is 0 Å². The van der Waals surface area contributed by atoms with Gasteiger partial charge in [-0.25, -0.2) is 0 Å². The highest BCUT2D eigenvalue weighted by molar-refractivity contribution is 6.13. The van der Waals surface area contributed by atoms with Crippen LogP contribution in [-0.2, 0) is 0 Å². The van der Waals surface area contributed by atoms with E-state index in [1.807, 2.05) is 0 Å². The third kappa shape index (κ3) is 4.81. The number of hydrogen-bond acceptors (Lipinski definition) is 0. The molecule has 0 spiro atoms. The molecule has 2 heterocycles. The van der Waals surface area contributed by atoms with E-state index >= 15 is 0 Å². The maximum absolute atomic E-state index is 2.42. The zero-order valence-electron chi connectivity index (χ0n) is 29.5. The molecule has 2 nitrogen and oxygen atoms in total. The van der Waals surface area contributed by atoms with Crippen molar-refractivity contribution in [2.24, 2.45) is 0 Å². The molecule has 0 amide bonds. The lowest BCUT2D eigenvalue weighted by Crippen LogP contribution is -1.94. The molecule has 0 bridgehead atoms. The van der Waals surface area contributed by atoms with Crippen molar-refractivity contribution in [1.29, 1.82) is 0 Å². The fraction of sp³-hybridized carbons (Fsp3) is 0. The first kappa shape index (κ1) is 30.5. The molecule has 11 rings (SSSR count). The molecule has 0 unspecified atom stereocenters. The third-order valence-corrected chi connectivity index (χ3v) is 11.1. The number of fused-ring (bicyclic) bond motifs is 7. The smallest absolute Gasteiger partial charge is 0.0541 e. The summed E-state index contributed by atoms with van der Waals surface area (Å²) in [6.07, 6.45) is 0. The monoisotopic (exact) mass is 686 g/mol. The molecule has 0 aliphatic heterocycles. The molecular formula is C52H34N2. The highest BCUT2D eigenvalue weighted by Crippen LogP contribution is 2.39. The van der Waals surface area contributed by atoms with Crippen LogP contribution in [0.2, 0.25) is 0 Å². The van der Waals surface area contributed by atoms with Crippen molar-refractivity contribution in [3.05, 3.63) is 206 Å². The number of hydrogen-bond donors (Lipinski definition) is 0. The lowest BCUT2D eigenvalue weighted by Gasteiger charge is -2.12. The summed E-state index contributed by atoms with van der Waals surface area (Å²) in [5.41, 5.74) is 14.4. The molecule has 0 radical (unpaired) electrons. The van der Waals surface area contributed by atoms with Gasteiger partial charge in [-0.3, -0.25) is 0 Å². The molecule has 0 N–H and O–H groups in total. The van der Waals surface area contributed by atoms with Gasteiger partial charge in [0.2, 0.25) is 0 Å². The number of nitrogens with zero attached hydrogens (tertiary/aromatic N) is 2. The van der Waals surface area contributed by atoms with Crippen molar-refractivity contribution in [3.8, 4) is 44.8 Å². The Morgan fingerprint density at radius 3 is 1.33 bits per heavy atom. The SMILES string of the molecule is c1ccc(-c2cccc(-n3c4ccccc4c4cc(-c5ccc6c(c5)c5ccccc5n6-c5cccc(-c6cccc7ccccc67)c5)ccc43)c2)cc1. The van der Waals surface area contributed by atoms with Gasteiger partial charge in [-0.15, -0.1) is 0 Å². The van der Waals surface area contributed by atoms with Crippen LogP contribution in [0.5, 0.6) is 0 Å². The Balaban J connectivity index is 1.05. The molecule has 0 fully saturated rings. The van der Waals surface area contributed by atoms with Crippen LogP contribution in [0.4, 0.5) is 0 Å². The van der Waals surface area contributed by atoms with Crippen molar-refractivity contribution in [1.82, 2.24) is 9.13 Å². The van der Waals surface area contributed by atoms with Crippen molar-refractivity contribution >= 4 is 54.4 Å². The lowest BCUT2D eigenvalue weighted by atomic mass is 9.98. The second-order valence-electron chi connectivity index (χ2n) is 14.2. The average Bonchev–Trinajstić information content (AvgIpc) is 3.76. The minimum absolute atomic E-state index is 1.16. The molecule has 2 heteroatoms. The summed E-state index contributed by atoms with van der Waals surface area (Å²) in [5.74, 6) is 0. The van der Waals surface area contributed by atoms with E-state index in [2.05, 4.69) is 215 Å². The second-order valence-corrected chi connectivity index (χ2v) is 14.2. The van der Waals surface area contributed by atoms with Crippen LogP contribution in [0, 0.1) is 0 Å². The molecule has 9 aromatic carbocycles. The summed E-state index contributed by atoms with van der Waals surface area (Å²) < 4.78 is 4.83. The van der Waals surface area contributed by atoms with Crippen LogP contribution in [0.15, 0.2) is 206 Å². The van der Waals surface area contributed by atoms with E-state index in [0.717, 1.165) is 11.4 Å². The zero-order chi connectivity index (χ0) is 35.6. The Kier molecular flexibility index (Phi) is 6.90. The van der Waals surface area contributed by atoms with Crippen LogP contribution in [0.3, 0.4) is 0 Å². The highest BCUT2D eigenvalue weighted by atomic mass is 15.0. The predicted molar refractivity (Wildman–Crippen MR) is 229 cm³/mol. The van der Waals surface area contributed by atoms with Crippen molar-refractivity contribution in [2.45, 2.75) is 0 Å². The van der Waals surface area contributed by atoms with E-state index in [4.69, 9.17) is 0 Å². The van der Waals surface area contributed by atoms with Crippen molar-refractivity contribution in [2.75, 3.05) is 0 Å². The van der Waals surface area contributed by atoms with Crippen LogP contribution in [0.25, 0.3) is 99.1 Å². The number of para-hydroxylation sites is 2. The summed E-state index contributed by atoms with van der Waals surface area (Å²) in [6, 6.07) is 75.2. The molecule has 0 atom stereocenters. The van der Waals surface area contributed by atoms with E-state index in [1.165, 1.54) is 87.8 Å². The van der Waals surface area contributed by atoms with E-state index in [9.17, 15) is 0 Å². The zero-order valence-corrected chi connectivity index (χ0v) is 29.5. The van der Waals surface area contributed by atoms with Gasteiger partial charge in [0.1, 0.15) is 0 Å². The summed E-state index contributed by atoms with van der Waals surface area (Å²) in [7, 11) is 0. The first-order valence-corrected chi connectivity index (χ1v) is 18.6.